The number of carbonyl (C=O) groups excluding carboxylic acids is 2. The summed E-state index contributed by atoms with van der Waals surface area (Å²) in [6.07, 6.45) is 5.46. The van der Waals surface area contributed by atoms with Crippen molar-refractivity contribution in [3.05, 3.63) is 54.2 Å². The summed E-state index contributed by atoms with van der Waals surface area (Å²) in [7, 11) is 1.96. The van der Waals surface area contributed by atoms with Crippen LogP contribution in [0.5, 0.6) is 0 Å². The zero-order chi connectivity index (χ0) is 29.0. The molecule has 0 unspecified atom stereocenters. The average molecular weight is 568 g/mol. The van der Waals surface area contributed by atoms with Gasteiger partial charge in [-0.2, -0.15) is 5.10 Å². The molecule has 3 fully saturated rings. The van der Waals surface area contributed by atoms with Crippen molar-refractivity contribution in [1.82, 2.24) is 29.4 Å². The average Bonchev–Trinajstić information content (AvgIpc) is 3.55. The summed E-state index contributed by atoms with van der Waals surface area (Å²) in [5, 5.41) is 5.49. The Morgan fingerprint density at radius 2 is 1.67 bits per heavy atom. The lowest BCUT2D eigenvalue weighted by atomic mass is 9.87. The Balaban J connectivity index is 1.12. The first-order valence-electron chi connectivity index (χ1n) is 15.5. The standard InChI is InChI=1S/C33H41N7O2/c1-23(2)38-14-12-33(13-15-38)32(42)40(19-17-37-16-18-39(22-37)31(41)26-8-9-26)30(35-33)25-6-4-24(5-7-25)27-10-11-29-28(20-27)21-34-36(29)3/h4-7,10-11,20-21,23,26H,8-9,12-19,22H2,1-3H3. The lowest BCUT2D eigenvalue weighted by Gasteiger charge is -2.38. The number of carbonyl (C=O) groups is 2. The largest absolute Gasteiger partial charge is 0.328 e. The van der Waals surface area contributed by atoms with Gasteiger partial charge in [0.1, 0.15) is 11.4 Å². The molecule has 42 heavy (non-hydrogen) atoms. The quantitative estimate of drug-likeness (QED) is 0.436. The predicted molar refractivity (Wildman–Crippen MR) is 164 cm³/mol. The van der Waals surface area contributed by atoms with Crippen molar-refractivity contribution >= 4 is 28.6 Å². The summed E-state index contributed by atoms with van der Waals surface area (Å²) in [4.78, 5) is 40.6. The number of amidine groups is 1. The molecule has 220 valence electrons. The molecule has 7 rings (SSSR count). The summed E-state index contributed by atoms with van der Waals surface area (Å²) in [6, 6.07) is 15.4. The number of benzene rings is 2. The van der Waals surface area contributed by atoms with Gasteiger partial charge < -0.3 is 9.80 Å². The Labute approximate surface area is 247 Å². The second-order valence-electron chi connectivity index (χ2n) is 12.8. The van der Waals surface area contributed by atoms with Gasteiger partial charge in [-0.3, -0.25) is 29.1 Å². The summed E-state index contributed by atoms with van der Waals surface area (Å²) in [6.45, 7) is 9.82. The van der Waals surface area contributed by atoms with Crippen molar-refractivity contribution in [3.63, 3.8) is 0 Å². The molecular formula is C33H41N7O2. The third kappa shape index (κ3) is 4.92. The highest BCUT2D eigenvalue weighted by Crippen LogP contribution is 2.36. The molecule has 9 nitrogen and oxygen atoms in total. The number of likely N-dealkylation sites (tertiary alicyclic amines) is 1. The van der Waals surface area contributed by atoms with Crippen molar-refractivity contribution < 1.29 is 9.59 Å². The molecule has 1 aromatic heterocycles. The maximum Gasteiger partial charge on any atom is 0.256 e. The maximum atomic E-state index is 14.1. The van der Waals surface area contributed by atoms with E-state index in [4.69, 9.17) is 4.99 Å². The highest BCUT2D eigenvalue weighted by molar-refractivity contribution is 6.15. The van der Waals surface area contributed by atoms with E-state index in [1.807, 2.05) is 27.7 Å². The minimum atomic E-state index is -0.677. The molecule has 9 heteroatoms. The minimum absolute atomic E-state index is 0.136. The van der Waals surface area contributed by atoms with Crippen LogP contribution in [0.4, 0.5) is 0 Å². The van der Waals surface area contributed by atoms with Crippen LogP contribution in [0.15, 0.2) is 53.7 Å². The summed E-state index contributed by atoms with van der Waals surface area (Å²) in [5.41, 5.74) is 3.67. The normalized spacial score (nSPS) is 21.3. The van der Waals surface area contributed by atoms with E-state index in [2.05, 4.69) is 71.2 Å². The molecule has 4 aliphatic rings. The molecule has 1 aliphatic carbocycles. The predicted octanol–water partition coefficient (Wildman–Crippen LogP) is 3.58. The van der Waals surface area contributed by atoms with Gasteiger partial charge in [-0.15, -0.1) is 0 Å². The number of aliphatic imine (C=N–C) groups is 1. The molecule has 1 saturated carbocycles. The Morgan fingerprint density at radius 1 is 0.952 bits per heavy atom. The van der Waals surface area contributed by atoms with Gasteiger partial charge in [-0.05, 0) is 62.8 Å². The highest BCUT2D eigenvalue weighted by Gasteiger charge is 2.50. The molecular weight excluding hydrogens is 526 g/mol. The molecule has 2 amide bonds. The monoisotopic (exact) mass is 567 g/mol. The molecule has 0 bridgehead atoms. The van der Waals surface area contributed by atoms with Crippen LogP contribution >= 0.6 is 0 Å². The molecule has 0 N–H and O–H groups in total. The molecule has 3 aromatic rings. The Hall–Kier alpha value is -3.56. The molecule has 3 aliphatic heterocycles. The lowest BCUT2D eigenvalue weighted by molar-refractivity contribution is -0.134. The van der Waals surface area contributed by atoms with Crippen molar-refractivity contribution in [2.45, 2.75) is 51.1 Å². The van der Waals surface area contributed by atoms with Crippen LogP contribution in [-0.2, 0) is 16.6 Å². The van der Waals surface area contributed by atoms with Gasteiger partial charge in [0.2, 0.25) is 5.91 Å². The zero-order valence-corrected chi connectivity index (χ0v) is 25.0. The number of aromatic nitrogens is 2. The van der Waals surface area contributed by atoms with Crippen molar-refractivity contribution in [3.8, 4) is 11.1 Å². The summed E-state index contributed by atoms with van der Waals surface area (Å²) < 4.78 is 1.89. The Morgan fingerprint density at radius 3 is 2.38 bits per heavy atom. The van der Waals surface area contributed by atoms with Crippen LogP contribution in [0.25, 0.3) is 22.0 Å². The number of hydrogen-bond acceptors (Lipinski definition) is 6. The van der Waals surface area contributed by atoms with Gasteiger partial charge in [0.15, 0.2) is 0 Å². The van der Waals surface area contributed by atoms with E-state index in [0.29, 0.717) is 25.2 Å². The highest BCUT2D eigenvalue weighted by atomic mass is 16.2. The third-order valence-electron chi connectivity index (χ3n) is 9.73. The van der Waals surface area contributed by atoms with Crippen LogP contribution in [0.2, 0.25) is 0 Å². The van der Waals surface area contributed by atoms with Crippen LogP contribution in [0, 0.1) is 5.92 Å². The fourth-order valence-electron chi connectivity index (χ4n) is 6.81. The van der Waals surface area contributed by atoms with Crippen LogP contribution in [0.1, 0.15) is 45.1 Å². The van der Waals surface area contributed by atoms with Gasteiger partial charge in [0.25, 0.3) is 5.91 Å². The van der Waals surface area contributed by atoms with Crippen molar-refractivity contribution in [2.24, 2.45) is 18.0 Å². The molecule has 2 aromatic carbocycles. The van der Waals surface area contributed by atoms with Crippen molar-refractivity contribution in [1.29, 1.82) is 0 Å². The van der Waals surface area contributed by atoms with Crippen LogP contribution in [-0.4, -0.2) is 105 Å². The minimum Gasteiger partial charge on any atom is -0.328 e. The first kappa shape index (κ1) is 27.3. The SMILES string of the molecule is CC(C)N1CCC2(CC1)N=C(c1ccc(-c3ccc4c(cnn4C)c3)cc1)N(CCN1CCN(C(=O)C3CC3)C1)C2=O. The van der Waals surface area contributed by atoms with E-state index >= 15 is 0 Å². The van der Waals surface area contributed by atoms with Gasteiger partial charge >= 0.3 is 0 Å². The molecule has 0 radical (unpaired) electrons. The second-order valence-corrected chi connectivity index (χ2v) is 12.8. The number of piperidine rings is 1. The second kappa shape index (κ2) is 10.6. The van der Waals surface area contributed by atoms with E-state index in [0.717, 1.165) is 91.8 Å². The molecule has 4 heterocycles. The number of nitrogens with zero attached hydrogens (tertiary/aromatic N) is 7. The number of hydrogen-bond donors (Lipinski definition) is 0. The lowest BCUT2D eigenvalue weighted by Crippen LogP contribution is -2.52. The topological polar surface area (TPSA) is 77.3 Å². The smallest absolute Gasteiger partial charge is 0.256 e. The Kier molecular flexibility index (Phi) is 6.89. The first-order chi connectivity index (χ1) is 20.3. The first-order valence-corrected chi connectivity index (χ1v) is 15.5. The van der Waals surface area contributed by atoms with Gasteiger partial charge in [-0.25, -0.2) is 0 Å². The van der Waals surface area contributed by atoms with Gasteiger partial charge in [0.05, 0.1) is 18.4 Å². The Bertz CT molecular complexity index is 1530. The number of aryl methyl sites for hydroxylation is 1. The molecule has 2 saturated heterocycles. The maximum absolute atomic E-state index is 14.1. The van der Waals surface area contributed by atoms with E-state index in [-0.39, 0.29) is 11.8 Å². The van der Waals surface area contributed by atoms with E-state index in [1.165, 1.54) is 0 Å². The number of amides is 2. The number of rotatable bonds is 7. The van der Waals surface area contributed by atoms with Crippen molar-refractivity contribution in [2.75, 3.05) is 45.9 Å². The van der Waals surface area contributed by atoms with Gasteiger partial charge in [-0.1, -0.05) is 30.3 Å². The third-order valence-corrected chi connectivity index (χ3v) is 9.73. The van der Waals surface area contributed by atoms with Crippen LogP contribution in [0.3, 0.4) is 0 Å². The van der Waals surface area contributed by atoms with Gasteiger partial charge in [0, 0.05) is 69.2 Å². The fraction of sp³-hybridized carbons (Fsp3) is 0.515. The number of fused-ring (bicyclic) bond motifs is 1. The zero-order valence-electron chi connectivity index (χ0n) is 25.0. The molecule has 0 atom stereocenters. The van der Waals surface area contributed by atoms with E-state index < -0.39 is 5.54 Å². The molecule has 1 spiro atoms. The van der Waals surface area contributed by atoms with E-state index in [1.54, 1.807) is 0 Å². The summed E-state index contributed by atoms with van der Waals surface area (Å²) in [5.74, 6) is 1.47. The fourth-order valence-corrected chi connectivity index (χ4v) is 6.81. The van der Waals surface area contributed by atoms with Crippen LogP contribution < -0.4 is 0 Å². The summed E-state index contributed by atoms with van der Waals surface area (Å²) >= 11 is 0. The van der Waals surface area contributed by atoms with E-state index in [9.17, 15) is 9.59 Å².